The molecule has 1 saturated carbocycles. The summed E-state index contributed by atoms with van der Waals surface area (Å²) in [6.45, 7) is 1.31. The highest BCUT2D eigenvalue weighted by atomic mass is 16.4. The molecule has 0 radical (unpaired) electrons. The number of nitrogens with zero attached hydrogens (tertiary/aromatic N) is 1. The highest BCUT2D eigenvalue weighted by Gasteiger charge is 2.51. The molecule has 1 saturated heterocycles. The van der Waals surface area contributed by atoms with E-state index in [2.05, 4.69) is 5.32 Å². The molecular weight excluding hydrogens is 208 g/mol. The summed E-state index contributed by atoms with van der Waals surface area (Å²) in [5, 5.41) is 11.2. The predicted octanol–water partition coefficient (Wildman–Crippen LogP) is 1.19. The molecule has 2 N–H and O–H groups in total. The second-order valence-electron chi connectivity index (χ2n) is 4.71. The lowest BCUT2D eigenvalue weighted by molar-refractivity contribution is -0.137. The number of carboxylic acid groups (broad SMARTS) is 1. The zero-order valence-corrected chi connectivity index (χ0v) is 9.37. The topological polar surface area (TPSA) is 69.6 Å². The number of amides is 2. The maximum absolute atomic E-state index is 11.7. The maximum Gasteiger partial charge on any atom is 0.317 e. The number of rotatable bonds is 4. The van der Waals surface area contributed by atoms with Gasteiger partial charge in [0.25, 0.3) is 0 Å². The molecule has 1 spiro atoms. The van der Waals surface area contributed by atoms with E-state index in [1.807, 2.05) is 4.90 Å². The first-order valence-electron chi connectivity index (χ1n) is 5.91. The molecule has 1 heterocycles. The van der Waals surface area contributed by atoms with E-state index in [1.165, 1.54) is 6.42 Å². The maximum atomic E-state index is 11.7. The molecule has 2 aliphatic rings. The molecule has 5 nitrogen and oxygen atoms in total. The lowest BCUT2D eigenvalue weighted by Gasteiger charge is -2.58. The smallest absolute Gasteiger partial charge is 0.317 e. The van der Waals surface area contributed by atoms with Crippen LogP contribution in [0, 0.1) is 0 Å². The molecule has 5 heteroatoms. The number of carbonyl (C=O) groups excluding carboxylic acids is 1. The van der Waals surface area contributed by atoms with Gasteiger partial charge in [-0.25, -0.2) is 4.79 Å². The third-order valence-electron chi connectivity index (χ3n) is 3.75. The van der Waals surface area contributed by atoms with E-state index in [1.54, 1.807) is 0 Å². The SMILES string of the molecule is O=C(O)CCCNC(=O)N1CCC12CCC2. The summed E-state index contributed by atoms with van der Waals surface area (Å²) in [6, 6.07) is -0.0173. The standard InChI is InChI=1S/C11H18N2O3/c14-9(15)3-1-7-12-10(16)13-8-6-11(13)4-2-5-11/h1-8H2,(H,12,16)(H,14,15). The van der Waals surface area contributed by atoms with E-state index < -0.39 is 5.97 Å². The van der Waals surface area contributed by atoms with Gasteiger partial charge in [0, 0.05) is 25.0 Å². The van der Waals surface area contributed by atoms with Crippen molar-refractivity contribution in [3.05, 3.63) is 0 Å². The molecule has 1 aliphatic carbocycles. The van der Waals surface area contributed by atoms with Gasteiger partial charge in [-0.15, -0.1) is 0 Å². The van der Waals surface area contributed by atoms with Crippen molar-refractivity contribution in [3.8, 4) is 0 Å². The molecule has 1 aliphatic heterocycles. The number of aliphatic carboxylic acids is 1. The first kappa shape index (κ1) is 11.2. The average molecular weight is 226 g/mol. The predicted molar refractivity (Wildman–Crippen MR) is 58.2 cm³/mol. The van der Waals surface area contributed by atoms with Crippen molar-refractivity contribution in [1.82, 2.24) is 10.2 Å². The molecule has 0 bridgehead atoms. The van der Waals surface area contributed by atoms with Gasteiger partial charge in [0.05, 0.1) is 0 Å². The first-order valence-corrected chi connectivity index (χ1v) is 5.91. The van der Waals surface area contributed by atoms with Gasteiger partial charge in [-0.1, -0.05) is 0 Å². The van der Waals surface area contributed by atoms with E-state index in [0.717, 1.165) is 25.8 Å². The number of hydrogen-bond donors (Lipinski definition) is 2. The normalized spacial score (nSPS) is 21.1. The molecule has 0 aromatic rings. The Balaban J connectivity index is 1.66. The van der Waals surface area contributed by atoms with Gasteiger partial charge in [-0.05, 0) is 32.1 Å². The number of carbonyl (C=O) groups is 2. The summed E-state index contributed by atoms with van der Waals surface area (Å²) >= 11 is 0. The van der Waals surface area contributed by atoms with Crippen molar-refractivity contribution in [2.45, 2.75) is 44.1 Å². The third-order valence-corrected chi connectivity index (χ3v) is 3.75. The van der Waals surface area contributed by atoms with Gasteiger partial charge in [-0.2, -0.15) is 0 Å². The van der Waals surface area contributed by atoms with E-state index >= 15 is 0 Å². The molecule has 16 heavy (non-hydrogen) atoms. The summed E-state index contributed by atoms with van der Waals surface area (Å²) in [6.07, 6.45) is 5.25. The first-order chi connectivity index (χ1) is 7.64. The van der Waals surface area contributed by atoms with Crippen molar-refractivity contribution < 1.29 is 14.7 Å². The summed E-state index contributed by atoms with van der Waals surface area (Å²) in [7, 11) is 0. The van der Waals surface area contributed by atoms with Crippen LogP contribution < -0.4 is 5.32 Å². The van der Waals surface area contributed by atoms with Crippen LogP contribution in [0.25, 0.3) is 0 Å². The van der Waals surface area contributed by atoms with E-state index in [-0.39, 0.29) is 18.0 Å². The van der Waals surface area contributed by atoms with Crippen LogP contribution >= 0.6 is 0 Å². The van der Waals surface area contributed by atoms with Crippen molar-refractivity contribution >= 4 is 12.0 Å². The summed E-state index contributed by atoms with van der Waals surface area (Å²) < 4.78 is 0. The fourth-order valence-corrected chi connectivity index (χ4v) is 2.49. The number of carboxylic acids is 1. The molecule has 0 unspecified atom stereocenters. The monoisotopic (exact) mass is 226 g/mol. The molecule has 0 aromatic heterocycles. The minimum atomic E-state index is -0.811. The third kappa shape index (κ3) is 1.99. The molecular formula is C11H18N2O3. The quantitative estimate of drug-likeness (QED) is 0.707. The van der Waals surface area contributed by atoms with Crippen LogP contribution in [0.2, 0.25) is 0 Å². The van der Waals surface area contributed by atoms with Crippen LogP contribution in [0.15, 0.2) is 0 Å². The fourth-order valence-electron chi connectivity index (χ4n) is 2.49. The zero-order chi connectivity index (χ0) is 11.6. The van der Waals surface area contributed by atoms with Gasteiger partial charge in [0.15, 0.2) is 0 Å². The summed E-state index contributed by atoms with van der Waals surface area (Å²) in [4.78, 5) is 23.9. The van der Waals surface area contributed by atoms with Gasteiger partial charge in [-0.3, -0.25) is 4.79 Å². The van der Waals surface area contributed by atoms with Gasteiger partial charge < -0.3 is 15.3 Å². The largest absolute Gasteiger partial charge is 0.481 e. The van der Waals surface area contributed by atoms with Crippen LogP contribution in [0.3, 0.4) is 0 Å². The molecule has 2 amide bonds. The number of likely N-dealkylation sites (tertiary alicyclic amines) is 1. The van der Waals surface area contributed by atoms with Crippen molar-refractivity contribution in [2.24, 2.45) is 0 Å². The van der Waals surface area contributed by atoms with Crippen molar-refractivity contribution in [2.75, 3.05) is 13.1 Å². The molecule has 2 rings (SSSR count). The van der Waals surface area contributed by atoms with Gasteiger partial charge >= 0.3 is 12.0 Å². The van der Waals surface area contributed by atoms with E-state index in [4.69, 9.17) is 5.11 Å². The van der Waals surface area contributed by atoms with Crippen molar-refractivity contribution in [1.29, 1.82) is 0 Å². The highest BCUT2D eigenvalue weighted by molar-refractivity contribution is 5.76. The van der Waals surface area contributed by atoms with Crippen LogP contribution in [-0.2, 0) is 4.79 Å². The Hall–Kier alpha value is -1.26. The van der Waals surface area contributed by atoms with Crippen LogP contribution in [0.4, 0.5) is 4.79 Å². The molecule has 90 valence electrons. The Bertz CT molecular complexity index is 294. The molecule has 2 fully saturated rings. The molecule has 0 atom stereocenters. The van der Waals surface area contributed by atoms with Crippen LogP contribution in [0.5, 0.6) is 0 Å². The van der Waals surface area contributed by atoms with Crippen molar-refractivity contribution in [3.63, 3.8) is 0 Å². The number of nitrogens with one attached hydrogen (secondary N) is 1. The highest BCUT2D eigenvalue weighted by Crippen LogP contribution is 2.46. The Morgan fingerprint density at radius 2 is 2.06 bits per heavy atom. The Labute approximate surface area is 94.8 Å². The van der Waals surface area contributed by atoms with Crippen LogP contribution in [-0.4, -0.2) is 40.6 Å². The second-order valence-corrected chi connectivity index (χ2v) is 4.71. The van der Waals surface area contributed by atoms with E-state index in [0.29, 0.717) is 13.0 Å². The lowest BCUT2D eigenvalue weighted by atomic mass is 9.68. The summed E-state index contributed by atoms with van der Waals surface area (Å²) in [5.41, 5.74) is 0.177. The number of hydrogen-bond acceptors (Lipinski definition) is 2. The number of urea groups is 1. The zero-order valence-electron chi connectivity index (χ0n) is 9.37. The second kappa shape index (κ2) is 4.31. The lowest BCUT2D eigenvalue weighted by Crippen LogP contribution is -2.67. The van der Waals surface area contributed by atoms with E-state index in [9.17, 15) is 9.59 Å². The fraction of sp³-hybridized carbons (Fsp3) is 0.818. The Morgan fingerprint density at radius 3 is 2.50 bits per heavy atom. The van der Waals surface area contributed by atoms with Gasteiger partial charge in [0.2, 0.25) is 0 Å². The average Bonchev–Trinajstić information content (AvgIpc) is 2.08. The Morgan fingerprint density at radius 1 is 1.31 bits per heavy atom. The summed E-state index contributed by atoms with van der Waals surface area (Å²) in [5.74, 6) is -0.811. The minimum absolute atomic E-state index is 0.0173. The Kier molecular flexibility index (Phi) is 3.03. The van der Waals surface area contributed by atoms with Gasteiger partial charge in [0.1, 0.15) is 0 Å². The van der Waals surface area contributed by atoms with Crippen LogP contribution in [0.1, 0.15) is 38.5 Å². The molecule has 0 aromatic carbocycles. The minimum Gasteiger partial charge on any atom is -0.481 e.